The van der Waals surface area contributed by atoms with Crippen molar-refractivity contribution in [1.82, 2.24) is 4.90 Å². The van der Waals surface area contributed by atoms with Crippen LogP contribution in [0.25, 0.3) is 0 Å². The first-order chi connectivity index (χ1) is 9.56. The molecule has 0 amide bonds. The predicted octanol–water partition coefficient (Wildman–Crippen LogP) is 2.89. The minimum absolute atomic E-state index is 0.0812. The summed E-state index contributed by atoms with van der Waals surface area (Å²) in [5.41, 5.74) is 1.43. The van der Waals surface area contributed by atoms with Gasteiger partial charge in [0.15, 0.2) is 0 Å². The zero-order valence-electron chi connectivity index (χ0n) is 12.9. The lowest BCUT2D eigenvalue weighted by Gasteiger charge is -2.40. The molecule has 0 bridgehead atoms. The smallest absolute Gasteiger partial charge is 0.118 e. The average Bonchev–Trinajstić information content (AvgIpc) is 2.47. The molecule has 0 aliphatic carbocycles. The summed E-state index contributed by atoms with van der Waals surface area (Å²) in [5.74, 6) is 1.41. The number of aliphatic hydroxyl groups is 1. The van der Waals surface area contributed by atoms with E-state index in [1.165, 1.54) is 12.0 Å². The monoisotopic (exact) mass is 277 g/mol. The second-order valence-corrected chi connectivity index (χ2v) is 6.48. The molecule has 0 spiro atoms. The van der Waals surface area contributed by atoms with E-state index >= 15 is 0 Å². The van der Waals surface area contributed by atoms with E-state index in [2.05, 4.69) is 30.9 Å². The van der Waals surface area contributed by atoms with Crippen LogP contribution in [0, 0.1) is 5.41 Å². The van der Waals surface area contributed by atoms with Crippen LogP contribution in [0.1, 0.15) is 38.2 Å². The van der Waals surface area contributed by atoms with Crippen LogP contribution in [0.5, 0.6) is 5.75 Å². The fraction of sp³-hybridized carbons (Fsp3) is 0.647. The molecular weight excluding hydrogens is 250 g/mol. The van der Waals surface area contributed by atoms with Crippen molar-refractivity contribution in [2.45, 2.75) is 32.6 Å². The highest BCUT2D eigenvalue weighted by Crippen LogP contribution is 2.30. The molecule has 0 saturated carbocycles. The Bertz CT molecular complexity index is 418. The first kappa shape index (κ1) is 15.3. The molecule has 1 aliphatic heterocycles. The van der Waals surface area contributed by atoms with Crippen LogP contribution in [0.15, 0.2) is 24.3 Å². The maximum absolute atomic E-state index is 9.54. The van der Waals surface area contributed by atoms with Crippen molar-refractivity contribution in [2.75, 3.05) is 33.4 Å². The van der Waals surface area contributed by atoms with E-state index < -0.39 is 0 Å². The largest absolute Gasteiger partial charge is 0.497 e. The molecule has 3 nitrogen and oxygen atoms in total. The van der Waals surface area contributed by atoms with Crippen LogP contribution < -0.4 is 4.74 Å². The molecule has 2 rings (SSSR count). The molecule has 0 radical (unpaired) electrons. The van der Waals surface area contributed by atoms with Crippen LogP contribution in [0.3, 0.4) is 0 Å². The molecule has 1 saturated heterocycles. The van der Waals surface area contributed by atoms with Gasteiger partial charge in [0.1, 0.15) is 5.75 Å². The first-order valence-corrected chi connectivity index (χ1v) is 7.53. The lowest BCUT2D eigenvalue weighted by atomic mass is 9.82. The first-order valence-electron chi connectivity index (χ1n) is 7.53. The van der Waals surface area contributed by atoms with Crippen LogP contribution in [-0.2, 0) is 0 Å². The third-order valence-corrected chi connectivity index (χ3v) is 4.46. The predicted molar refractivity (Wildman–Crippen MR) is 82.3 cm³/mol. The number of likely N-dealkylation sites (tertiary alicyclic amines) is 1. The van der Waals surface area contributed by atoms with Crippen LogP contribution >= 0.6 is 0 Å². The van der Waals surface area contributed by atoms with Gasteiger partial charge in [0.2, 0.25) is 0 Å². The van der Waals surface area contributed by atoms with E-state index in [9.17, 15) is 5.11 Å². The summed E-state index contributed by atoms with van der Waals surface area (Å²) in [5, 5.41) is 9.54. The molecule has 20 heavy (non-hydrogen) atoms. The van der Waals surface area contributed by atoms with E-state index in [0.717, 1.165) is 31.8 Å². The van der Waals surface area contributed by atoms with Crippen molar-refractivity contribution in [3.8, 4) is 5.75 Å². The molecule has 2 atom stereocenters. The van der Waals surface area contributed by atoms with Crippen LogP contribution in [0.4, 0.5) is 0 Å². The molecule has 1 heterocycles. The Morgan fingerprint density at radius 3 is 2.65 bits per heavy atom. The fourth-order valence-corrected chi connectivity index (χ4v) is 3.14. The minimum atomic E-state index is 0.0812. The van der Waals surface area contributed by atoms with Crippen molar-refractivity contribution in [2.24, 2.45) is 5.41 Å². The molecule has 0 unspecified atom stereocenters. The van der Waals surface area contributed by atoms with Gasteiger partial charge in [-0.1, -0.05) is 26.0 Å². The summed E-state index contributed by atoms with van der Waals surface area (Å²) >= 11 is 0. The van der Waals surface area contributed by atoms with Gasteiger partial charge < -0.3 is 14.7 Å². The Morgan fingerprint density at radius 2 is 2.05 bits per heavy atom. The van der Waals surface area contributed by atoms with Gasteiger partial charge in [-0.2, -0.15) is 0 Å². The summed E-state index contributed by atoms with van der Waals surface area (Å²) in [6, 6.07) is 8.36. The van der Waals surface area contributed by atoms with Gasteiger partial charge in [-0.25, -0.2) is 0 Å². The zero-order valence-corrected chi connectivity index (χ0v) is 12.9. The molecule has 1 N–H and O–H groups in total. The van der Waals surface area contributed by atoms with Crippen molar-refractivity contribution in [3.63, 3.8) is 0 Å². The summed E-state index contributed by atoms with van der Waals surface area (Å²) in [6.07, 6.45) is 2.32. The van der Waals surface area contributed by atoms with Gasteiger partial charge in [0.25, 0.3) is 0 Å². The lowest BCUT2D eigenvalue weighted by molar-refractivity contribution is 0.0444. The number of benzene rings is 1. The Kier molecular flexibility index (Phi) is 5.06. The SMILES string of the molecule is COc1ccc([C@@H](C)CN2CCC[C@@](C)(CO)C2)cc1. The Morgan fingerprint density at radius 1 is 1.35 bits per heavy atom. The molecule has 112 valence electrons. The number of methoxy groups -OCH3 is 1. The number of piperidine rings is 1. The molecule has 0 aromatic heterocycles. The third kappa shape index (κ3) is 3.74. The summed E-state index contributed by atoms with van der Waals surface area (Å²) in [4.78, 5) is 2.49. The number of ether oxygens (including phenoxy) is 1. The minimum Gasteiger partial charge on any atom is -0.497 e. The van der Waals surface area contributed by atoms with Crippen molar-refractivity contribution >= 4 is 0 Å². The summed E-state index contributed by atoms with van der Waals surface area (Å²) < 4.78 is 5.20. The van der Waals surface area contributed by atoms with Crippen molar-refractivity contribution in [3.05, 3.63) is 29.8 Å². The number of aliphatic hydroxyl groups excluding tert-OH is 1. The number of hydrogen-bond acceptors (Lipinski definition) is 3. The maximum Gasteiger partial charge on any atom is 0.118 e. The molecular formula is C17H27NO2. The van der Waals surface area contributed by atoms with E-state index in [1.54, 1.807) is 7.11 Å². The van der Waals surface area contributed by atoms with Gasteiger partial charge in [-0.3, -0.25) is 0 Å². The van der Waals surface area contributed by atoms with E-state index in [1.807, 2.05) is 12.1 Å². The van der Waals surface area contributed by atoms with Gasteiger partial charge in [0, 0.05) is 25.1 Å². The van der Waals surface area contributed by atoms with Gasteiger partial charge in [-0.05, 0) is 43.0 Å². The Hall–Kier alpha value is -1.06. The highest BCUT2D eigenvalue weighted by Gasteiger charge is 2.30. The summed E-state index contributed by atoms with van der Waals surface area (Å²) in [7, 11) is 1.70. The fourth-order valence-electron chi connectivity index (χ4n) is 3.14. The molecule has 1 aliphatic rings. The van der Waals surface area contributed by atoms with Crippen molar-refractivity contribution < 1.29 is 9.84 Å². The second-order valence-electron chi connectivity index (χ2n) is 6.48. The molecule has 1 fully saturated rings. The Balaban J connectivity index is 1.94. The van der Waals surface area contributed by atoms with E-state index in [4.69, 9.17) is 4.74 Å². The molecule has 1 aromatic rings. The third-order valence-electron chi connectivity index (χ3n) is 4.46. The highest BCUT2D eigenvalue weighted by atomic mass is 16.5. The maximum atomic E-state index is 9.54. The van der Waals surface area contributed by atoms with Crippen molar-refractivity contribution in [1.29, 1.82) is 0 Å². The molecule has 1 aromatic carbocycles. The normalized spacial score (nSPS) is 25.4. The van der Waals surface area contributed by atoms with E-state index in [-0.39, 0.29) is 5.41 Å². The number of rotatable bonds is 5. The van der Waals surface area contributed by atoms with Gasteiger partial charge in [0.05, 0.1) is 7.11 Å². The lowest BCUT2D eigenvalue weighted by Crippen LogP contribution is -2.44. The summed E-state index contributed by atoms with van der Waals surface area (Å²) in [6.45, 7) is 7.96. The van der Waals surface area contributed by atoms with Gasteiger partial charge >= 0.3 is 0 Å². The highest BCUT2D eigenvalue weighted by molar-refractivity contribution is 5.29. The quantitative estimate of drug-likeness (QED) is 0.898. The average molecular weight is 277 g/mol. The topological polar surface area (TPSA) is 32.7 Å². The Labute approximate surface area is 122 Å². The second kappa shape index (κ2) is 6.59. The van der Waals surface area contributed by atoms with Crippen LogP contribution in [-0.4, -0.2) is 43.4 Å². The van der Waals surface area contributed by atoms with Gasteiger partial charge in [-0.15, -0.1) is 0 Å². The number of hydrogen-bond donors (Lipinski definition) is 1. The van der Waals surface area contributed by atoms with Crippen LogP contribution in [0.2, 0.25) is 0 Å². The number of nitrogens with zero attached hydrogens (tertiary/aromatic N) is 1. The molecule has 3 heteroatoms. The van der Waals surface area contributed by atoms with E-state index in [0.29, 0.717) is 12.5 Å². The standard InChI is InChI=1S/C17H27NO2/c1-14(15-5-7-16(20-3)8-6-15)11-18-10-4-9-17(2,12-18)13-19/h5-8,14,19H,4,9-13H2,1-3H3/t14-,17+/m0/s1. The zero-order chi connectivity index (χ0) is 14.6.